The van der Waals surface area contributed by atoms with Gasteiger partial charge in [-0.05, 0) is 55.3 Å². The Labute approximate surface area is 176 Å². The number of benzene rings is 1. The van der Waals surface area contributed by atoms with E-state index in [1.807, 2.05) is 26.0 Å². The van der Waals surface area contributed by atoms with Crippen LogP contribution < -0.4 is 0 Å². The Morgan fingerprint density at radius 3 is 2.07 bits per heavy atom. The van der Waals surface area contributed by atoms with Gasteiger partial charge in [-0.3, -0.25) is 0 Å². The third-order valence-corrected chi connectivity index (χ3v) is 5.02. The van der Waals surface area contributed by atoms with E-state index in [4.69, 9.17) is 0 Å². The van der Waals surface area contributed by atoms with Crippen molar-refractivity contribution in [1.82, 2.24) is 4.90 Å². The molecule has 1 aliphatic heterocycles. The second kappa shape index (κ2) is 15.3. The van der Waals surface area contributed by atoms with E-state index < -0.39 is 0 Å². The Kier molecular flexibility index (Phi) is 14.5. The maximum Gasteiger partial charge on any atom is 0.0144 e. The van der Waals surface area contributed by atoms with Crippen LogP contribution in [-0.4, -0.2) is 24.0 Å². The fraction of sp³-hybridized carbons (Fsp3) is 0.556. The lowest BCUT2D eigenvalue weighted by Crippen LogP contribution is -2.38. The van der Waals surface area contributed by atoms with Gasteiger partial charge in [0.1, 0.15) is 0 Å². The average Bonchev–Trinajstić information content (AvgIpc) is 3.23. The molecule has 1 aromatic carbocycles. The first-order valence-corrected chi connectivity index (χ1v) is 11.2. The normalized spacial score (nSPS) is 15.6. The molecule has 1 atom stereocenters. The van der Waals surface area contributed by atoms with Gasteiger partial charge < -0.3 is 4.90 Å². The first-order chi connectivity index (χ1) is 13.5. The van der Waals surface area contributed by atoms with E-state index in [0.29, 0.717) is 6.04 Å². The summed E-state index contributed by atoms with van der Waals surface area (Å²) in [6, 6.07) is 11.5. The predicted octanol–water partition coefficient (Wildman–Crippen LogP) is 7.85. The zero-order valence-corrected chi connectivity index (χ0v) is 19.5. The van der Waals surface area contributed by atoms with Gasteiger partial charge in [0.25, 0.3) is 0 Å². The zero-order valence-electron chi connectivity index (χ0n) is 19.5. The van der Waals surface area contributed by atoms with Crippen LogP contribution in [-0.2, 0) is 6.42 Å². The van der Waals surface area contributed by atoms with Crippen LogP contribution in [0.25, 0.3) is 0 Å². The maximum absolute atomic E-state index is 4.01. The average molecular weight is 384 g/mol. The Bertz CT molecular complexity index is 547. The third kappa shape index (κ3) is 9.55. The Morgan fingerprint density at radius 2 is 1.61 bits per heavy atom. The van der Waals surface area contributed by atoms with E-state index in [-0.39, 0.29) is 5.41 Å². The van der Waals surface area contributed by atoms with Gasteiger partial charge in [-0.2, -0.15) is 0 Å². The van der Waals surface area contributed by atoms with Crippen molar-refractivity contribution in [3.05, 3.63) is 72.9 Å². The van der Waals surface area contributed by atoms with Crippen LogP contribution in [0.1, 0.15) is 72.8 Å². The van der Waals surface area contributed by atoms with Gasteiger partial charge in [0.05, 0.1) is 0 Å². The second-order valence-corrected chi connectivity index (χ2v) is 7.94. The lowest BCUT2D eigenvalue weighted by molar-refractivity contribution is 0.186. The Hall–Kier alpha value is -1.60. The minimum Gasteiger partial charge on any atom is -0.300 e. The molecule has 158 valence electrons. The molecule has 1 fully saturated rings. The van der Waals surface area contributed by atoms with Crippen molar-refractivity contribution in [3.63, 3.8) is 0 Å². The monoisotopic (exact) mass is 383 g/mol. The standard InChI is InChI=1S/C22H31N.C3H8.C2H6/c1-5-12-20(6-2)22(3,4)18-21(23-15-10-11-16-23)17-19-13-8-7-9-14-19;1-3-2;1-2/h5-9,12-14,21H,1-2,10-11,15-18H2,3-4H3;3H2,1-2H3;1-2H3/b20-12+;;. The fourth-order valence-electron chi connectivity index (χ4n) is 3.73. The Morgan fingerprint density at radius 1 is 1.07 bits per heavy atom. The molecule has 0 bridgehead atoms. The highest BCUT2D eigenvalue weighted by Crippen LogP contribution is 2.35. The first-order valence-electron chi connectivity index (χ1n) is 11.2. The van der Waals surface area contributed by atoms with Crippen LogP contribution in [0.4, 0.5) is 0 Å². The molecule has 1 saturated heterocycles. The molecule has 0 radical (unpaired) electrons. The predicted molar refractivity (Wildman–Crippen MR) is 129 cm³/mol. The summed E-state index contributed by atoms with van der Waals surface area (Å²) in [5, 5.41) is 0. The zero-order chi connectivity index (χ0) is 21.4. The van der Waals surface area contributed by atoms with Crippen LogP contribution in [0.2, 0.25) is 0 Å². The highest BCUT2D eigenvalue weighted by atomic mass is 15.2. The minimum absolute atomic E-state index is 0.109. The van der Waals surface area contributed by atoms with Crippen molar-refractivity contribution in [2.75, 3.05) is 13.1 Å². The van der Waals surface area contributed by atoms with E-state index in [1.165, 1.54) is 43.5 Å². The first kappa shape index (κ1) is 26.4. The quantitative estimate of drug-likeness (QED) is 0.413. The molecule has 0 N–H and O–H groups in total. The number of likely N-dealkylation sites (tertiary alicyclic amines) is 1. The molecular formula is C27H45N. The summed E-state index contributed by atoms with van der Waals surface area (Å²) in [6.07, 6.45) is 12.2. The summed E-state index contributed by atoms with van der Waals surface area (Å²) in [6.45, 7) is 23.2. The molecule has 1 aliphatic rings. The molecule has 1 nitrogen and oxygen atoms in total. The summed E-state index contributed by atoms with van der Waals surface area (Å²) in [5.74, 6) is 0. The molecular weight excluding hydrogens is 338 g/mol. The number of nitrogens with zero attached hydrogens (tertiary/aromatic N) is 1. The summed E-state index contributed by atoms with van der Waals surface area (Å²) in [7, 11) is 0. The summed E-state index contributed by atoms with van der Waals surface area (Å²) in [5.41, 5.74) is 2.83. The number of hydrogen-bond acceptors (Lipinski definition) is 1. The molecule has 0 spiro atoms. The molecule has 0 amide bonds. The summed E-state index contributed by atoms with van der Waals surface area (Å²) < 4.78 is 0. The molecule has 1 unspecified atom stereocenters. The lowest BCUT2D eigenvalue weighted by Gasteiger charge is -2.36. The van der Waals surface area contributed by atoms with Crippen molar-refractivity contribution in [2.24, 2.45) is 5.41 Å². The number of allylic oxidation sites excluding steroid dienone is 4. The van der Waals surface area contributed by atoms with Crippen LogP contribution in [0.5, 0.6) is 0 Å². The number of rotatable bonds is 8. The van der Waals surface area contributed by atoms with Gasteiger partial charge in [0, 0.05) is 6.04 Å². The maximum atomic E-state index is 4.01. The van der Waals surface area contributed by atoms with Crippen molar-refractivity contribution >= 4 is 0 Å². The fourth-order valence-corrected chi connectivity index (χ4v) is 3.73. The molecule has 0 aliphatic carbocycles. The van der Waals surface area contributed by atoms with Gasteiger partial charge in [-0.15, -0.1) is 0 Å². The highest BCUT2D eigenvalue weighted by Gasteiger charge is 2.30. The number of hydrogen-bond donors (Lipinski definition) is 0. The minimum atomic E-state index is 0.109. The third-order valence-electron chi connectivity index (χ3n) is 5.02. The summed E-state index contributed by atoms with van der Waals surface area (Å²) in [4.78, 5) is 2.68. The van der Waals surface area contributed by atoms with Gasteiger partial charge in [0.2, 0.25) is 0 Å². The van der Waals surface area contributed by atoms with Crippen molar-refractivity contribution in [3.8, 4) is 0 Å². The van der Waals surface area contributed by atoms with Gasteiger partial charge in [0.15, 0.2) is 0 Å². The molecule has 1 aromatic rings. The molecule has 0 aromatic heterocycles. The largest absolute Gasteiger partial charge is 0.300 e. The molecule has 1 heterocycles. The molecule has 28 heavy (non-hydrogen) atoms. The van der Waals surface area contributed by atoms with Gasteiger partial charge in [-0.1, -0.05) is 110 Å². The van der Waals surface area contributed by atoms with Crippen LogP contribution >= 0.6 is 0 Å². The van der Waals surface area contributed by atoms with E-state index in [1.54, 1.807) is 0 Å². The summed E-state index contributed by atoms with van der Waals surface area (Å²) >= 11 is 0. The van der Waals surface area contributed by atoms with E-state index >= 15 is 0 Å². The second-order valence-electron chi connectivity index (χ2n) is 7.94. The van der Waals surface area contributed by atoms with Crippen molar-refractivity contribution in [2.45, 2.75) is 79.7 Å². The van der Waals surface area contributed by atoms with Crippen LogP contribution in [0, 0.1) is 5.41 Å². The smallest absolute Gasteiger partial charge is 0.0144 e. The van der Waals surface area contributed by atoms with E-state index in [0.717, 1.165) is 12.8 Å². The van der Waals surface area contributed by atoms with Crippen molar-refractivity contribution < 1.29 is 0 Å². The van der Waals surface area contributed by atoms with Gasteiger partial charge in [-0.25, -0.2) is 0 Å². The topological polar surface area (TPSA) is 3.24 Å². The molecule has 0 saturated carbocycles. The van der Waals surface area contributed by atoms with E-state index in [9.17, 15) is 0 Å². The molecule has 2 rings (SSSR count). The van der Waals surface area contributed by atoms with Crippen molar-refractivity contribution in [1.29, 1.82) is 0 Å². The Balaban J connectivity index is 0.00000133. The molecule has 1 heteroatoms. The van der Waals surface area contributed by atoms with Crippen LogP contribution in [0.15, 0.2) is 67.3 Å². The lowest BCUT2D eigenvalue weighted by atomic mass is 9.77. The van der Waals surface area contributed by atoms with Crippen LogP contribution in [0.3, 0.4) is 0 Å². The highest BCUT2D eigenvalue weighted by molar-refractivity contribution is 5.28. The SMILES string of the molecule is C=C/C=C(\C=C)C(C)(C)CC(Cc1ccccc1)N1CCCC1.CC.CCC. The van der Waals surface area contributed by atoms with E-state index in [2.05, 4.69) is 82.2 Å². The van der Waals surface area contributed by atoms with Gasteiger partial charge >= 0.3 is 0 Å².